The van der Waals surface area contributed by atoms with Gasteiger partial charge < -0.3 is 0 Å². The van der Waals surface area contributed by atoms with Gasteiger partial charge in [0.05, 0.1) is 11.1 Å². The molecule has 1 aromatic heterocycles. The van der Waals surface area contributed by atoms with Gasteiger partial charge in [0.2, 0.25) is 0 Å². The third-order valence-corrected chi connectivity index (χ3v) is 3.06. The second-order valence-electron chi connectivity index (χ2n) is 4.74. The third-order valence-electron chi connectivity index (χ3n) is 3.06. The van der Waals surface area contributed by atoms with Crippen LogP contribution in [0.4, 0.5) is 13.2 Å². The van der Waals surface area contributed by atoms with Gasteiger partial charge in [-0.15, -0.1) is 0 Å². The standard InChI is InChI=1S/C14H14F3N/c1-8(2)10-6-11-9(3)4-5-18-13(11)12(7-10)14(15,16)17/h4-8H,1-3H3. The molecule has 0 N–H and O–H groups in total. The Balaban J connectivity index is 2.86. The van der Waals surface area contributed by atoms with Crippen molar-refractivity contribution in [1.29, 1.82) is 0 Å². The summed E-state index contributed by atoms with van der Waals surface area (Å²) in [5.74, 6) is 0.0510. The van der Waals surface area contributed by atoms with Gasteiger partial charge in [0, 0.05) is 11.6 Å². The molecule has 4 heteroatoms. The minimum atomic E-state index is -4.37. The molecular weight excluding hydrogens is 239 g/mol. The Bertz CT molecular complexity index is 585. The molecule has 96 valence electrons. The van der Waals surface area contributed by atoms with E-state index in [0.717, 1.165) is 5.56 Å². The van der Waals surface area contributed by atoms with Gasteiger partial charge in [-0.3, -0.25) is 4.98 Å². The highest BCUT2D eigenvalue weighted by Gasteiger charge is 2.34. The highest BCUT2D eigenvalue weighted by atomic mass is 19.4. The lowest BCUT2D eigenvalue weighted by Crippen LogP contribution is -2.08. The van der Waals surface area contributed by atoms with E-state index in [1.165, 1.54) is 12.3 Å². The number of aromatic nitrogens is 1. The van der Waals surface area contributed by atoms with Gasteiger partial charge in [0.15, 0.2) is 0 Å². The fraction of sp³-hybridized carbons (Fsp3) is 0.357. The zero-order valence-corrected chi connectivity index (χ0v) is 10.5. The average molecular weight is 253 g/mol. The number of alkyl halides is 3. The Morgan fingerprint density at radius 2 is 1.83 bits per heavy atom. The maximum absolute atomic E-state index is 13.1. The monoisotopic (exact) mass is 253 g/mol. The predicted molar refractivity (Wildman–Crippen MR) is 65.6 cm³/mol. The largest absolute Gasteiger partial charge is 0.418 e. The van der Waals surface area contributed by atoms with E-state index in [2.05, 4.69) is 4.98 Å². The number of fused-ring (bicyclic) bond motifs is 1. The molecule has 0 fully saturated rings. The van der Waals surface area contributed by atoms with Gasteiger partial charge in [0.25, 0.3) is 0 Å². The molecule has 0 aliphatic heterocycles. The Labute approximate surface area is 104 Å². The maximum atomic E-state index is 13.1. The molecule has 0 aliphatic rings. The number of hydrogen-bond acceptors (Lipinski definition) is 1. The first-order chi connectivity index (χ1) is 8.30. The van der Waals surface area contributed by atoms with Crippen LogP contribution in [0.2, 0.25) is 0 Å². The molecule has 1 aromatic carbocycles. The van der Waals surface area contributed by atoms with Crippen LogP contribution >= 0.6 is 0 Å². The van der Waals surface area contributed by atoms with Crippen LogP contribution in [0.15, 0.2) is 24.4 Å². The fourth-order valence-corrected chi connectivity index (χ4v) is 1.96. The molecule has 0 bridgehead atoms. The lowest BCUT2D eigenvalue weighted by molar-refractivity contribution is -0.136. The average Bonchev–Trinajstić information content (AvgIpc) is 2.27. The van der Waals surface area contributed by atoms with Crippen LogP contribution < -0.4 is 0 Å². The molecule has 0 saturated carbocycles. The van der Waals surface area contributed by atoms with E-state index in [9.17, 15) is 13.2 Å². The molecule has 0 radical (unpaired) electrons. The van der Waals surface area contributed by atoms with Crippen LogP contribution in [0.1, 0.15) is 36.5 Å². The zero-order valence-electron chi connectivity index (χ0n) is 10.5. The Morgan fingerprint density at radius 3 is 2.39 bits per heavy atom. The highest BCUT2D eigenvalue weighted by Crippen LogP contribution is 2.36. The second-order valence-corrected chi connectivity index (χ2v) is 4.74. The predicted octanol–water partition coefficient (Wildman–Crippen LogP) is 4.69. The quantitative estimate of drug-likeness (QED) is 0.718. The molecule has 0 amide bonds. The van der Waals surface area contributed by atoms with E-state index < -0.39 is 11.7 Å². The molecule has 0 saturated heterocycles. The van der Waals surface area contributed by atoms with Crippen molar-refractivity contribution in [3.05, 3.63) is 41.1 Å². The summed E-state index contributed by atoms with van der Waals surface area (Å²) in [6.07, 6.45) is -2.95. The summed E-state index contributed by atoms with van der Waals surface area (Å²) >= 11 is 0. The van der Waals surface area contributed by atoms with Gasteiger partial charge in [0.1, 0.15) is 0 Å². The summed E-state index contributed by atoms with van der Waals surface area (Å²) in [5, 5.41) is 0.580. The first-order valence-corrected chi connectivity index (χ1v) is 5.77. The summed E-state index contributed by atoms with van der Waals surface area (Å²) in [7, 11) is 0. The Morgan fingerprint density at radius 1 is 1.17 bits per heavy atom. The topological polar surface area (TPSA) is 12.9 Å². The molecule has 18 heavy (non-hydrogen) atoms. The van der Waals surface area contributed by atoms with Crippen LogP contribution in [0.5, 0.6) is 0 Å². The zero-order chi connectivity index (χ0) is 13.5. The van der Waals surface area contributed by atoms with E-state index in [4.69, 9.17) is 0 Å². The van der Waals surface area contributed by atoms with Crippen LogP contribution in [0.3, 0.4) is 0 Å². The van der Waals surface area contributed by atoms with Crippen molar-refractivity contribution in [3.63, 3.8) is 0 Å². The number of aryl methyl sites for hydroxylation is 1. The van der Waals surface area contributed by atoms with E-state index in [-0.39, 0.29) is 11.4 Å². The number of hydrogen-bond donors (Lipinski definition) is 0. The van der Waals surface area contributed by atoms with Crippen LogP contribution in [0.25, 0.3) is 10.9 Å². The van der Waals surface area contributed by atoms with Gasteiger partial charge in [-0.05, 0) is 42.2 Å². The van der Waals surface area contributed by atoms with Crippen molar-refractivity contribution >= 4 is 10.9 Å². The lowest BCUT2D eigenvalue weighted by atomic mass is 9.95. The number of rotatable bonds is 1. The number of halogens is 3. The first kappa shape index (κ1) is 12.9. The van der Waals surface area contributed by atoms with Gasteiger partial charge in [-0.1, -0.05) is 13.8 Å². The van der Waals surface area contributed by atoms with Crippen molar-refractivity contribution in [3.8, 4) is 0 Å². The highest BCUT2D eigenvalue weighted by molar-refractivity contribution is 5.86. The minimum Gasteiger partial charge on any atom is -0.256 e. The minimum absolute atomic E-state index is 0.0342. The number of pyridine rings is 1. The first-order valence-electron chi connectivity index (χ1n) is 5.77. The molecular formula is C14H14F3N. The maximum Gasteiger partial charge on any atom is 0.418 e. The fourth-order valence-electron chi connectivity index (χ4n) is 1.96. The van der Waals surface area contributed by atoms with Crippen molar-refractivity contribution in [2.45, 2.75) is 32.9 Å². The van der Waals surface area contributed by atoms with Crippen molar-refractivity contribution in [2.24, 2.45) is 0 Å². The molecule has 2 rings (SSSR count). The van der Waals surface area contributed by atoms with E-state index >= 15 is 0 Å². The van der Waals surface area contributed by atoms with Crippen LogP contribution in [0, 0.1) is 6.92 Å². The third kappa shape index (κ3) is 2.19. The summed E-state index contributed by atoms with van der Waals surface area (Å²) in [6, 6.07) is 4.74. The Kier molecular flexibility index (Phi) is 3.05. The van der Waals surface area contributed by atoms with Crippen LogP contribution in [-0.2, 0) is 6.18 Å². The van der Waals surface area contributed by atoms with Gasteiger partial charge in [-0.25, -0.2) is 0 Å². The molecule has 1 heterocycles. The summed E-state index contributed by atoms with van der Waals surface area (Å²) in [5.41, 5.74) is 0.887. The van der Waals surface area contributed by atoms with Crippen molar-refractivity contribution < 1.29 is 13.2 Å². The number of nitrogens with zero attached hydrogens (tertiary/aromatic N) is 1. The van der Waals surface area contributed by atoms with Crippen molar-refractivity contribution in [2.75, 3.05) is 0 Å². The smallest absolute Gasteiger partial charge is 0.256 e. The molecule has 1 nitrogen and oxygen atoms in total. The SMILES string of the molecule is Cc1ccnc2c(C(F)(F)F)cc(C(C)C)cc12. The Hall–Kier alpha value is -1.58. The van der Waals surface area contributed by atoms with Gasteiger partial charge >= 0.3 is 6.18 Å². The molecule has 2 aromatic rings. The van der Waals surface area contributed by atoms with Crippen LogP contribution in [-0.4, -0.2) is 4.98 Å². The molecule has 0 atom stereocenters. The normalized spacial score (nSPS) is 12.4. The summed E-state index contributed by atoms with van der Waals surface area (Å²) in [4.78, 5) is 3.89. The van der Waals surface area contributed by atoms with E-state index in [1.54, 1.807) is 19.1 Å². The van der Waals surface area contributed by atoms with Gasteiger partial charge in [-0.2, -0.15) is 13.2 Å². The summed E-state index contributed by atoms with van der Waals surface area (Å²) in [6.45, 7) is 5.56. The second kappa shape index (κ2) is 4.26. The molecule has 0 aliphatic carbocycles. The molecule has 0 unspecified atom stereocenters. The number of benzene rings is 1. The van der Waals surface area contributed by atoms with E-state index in [1.807, 2.05) is 13.8 Å². The van der Waals surface area contributed by atoms with Crippen molar-refractivity contribution in [1.82, 2.24) is 4.98 Å². The summed E-state index contributed by atoms with van der Waals surface area (Å²) < 4.78 is 39.2. The lowest BCUT2D eigenvalue weighted by Gasteiger charge is -2.15. The molecule has 0 spiro atoms. The van der Waals surface area contributed by atoms with E-state index in [0.29, 0.717) is 10.9 Å².